The molecule has 1 amide bonds. The second kappa shape index (κ2) is 9.89. The van der Waals surface area contributed by atoms with Gasteiger partial charge in [-0.05, 0) is 68.3 Å². The van der Waals surface area contributed by atoms with Crippen molar-refractivity contribution in [3.63, 3.8) is 0 Å². The number of esters is 1. The van der Waals surface area contributed by atoms with Gasteiger partial charge in [-0.25, -0.2) is 13.2 Å². The quantitative estimate of drug-likeness (QED) is 0.433. The number of carbonyl (C=O) groups excluding carboxylic acids is 2. The van der Waals surface area contributed by atoms with Crippen molar-refractivity contribution < 1.29 is 22.7 Å². The van der Waals surface area contributed by atoms with Crippen LogP contribution in [-0.4, -0.2) is 32.4 Å². The van der Waals surface area contributed by atoms with Gasteiger partial charge in [-0.15, -0.1) is 0 Å². The molecule has 0 spiro atoms. The van der Waals surface area contributed by atoms with Crippen molar-refractivity contribution >= 4 is 56.5 Å². The Morgan fingerprint density at radius 1 is 1.03 bits per heavy atom. The molecule has 182 valence electrons. The van der Waals surface area contributed by atoms with Crippen molar-refractivity contribution in [1.82, 2.24) is 0 Å². The lowest BCUT2D eigenvalue weighted by atomic mass is 10.1. The van der Waals surface area contributed by atoms with Gasteiger partial charge in [-0.2, -0.15) is 0 Å². The van der Waals surface area contributed by atoms with E-state index in [1.165, 1.54) is 53.7 Å². The first kappa shape index (κ1) is 25.0. The van der Waals surface area contributed by atoms with E-state index >= 15 is 0 Å². The first-order chi connectivity index (χ1) is 16.6. The summed E-state index contributed by atoms with van der Waals surface area (Å²) in [4.78, 5) is 25.2. The van der Waals surface area contributed by atoms with E-state index in [0.29, 0.717) is 27.8 Å². The number of nitrogens with one attached hydrogen (secondary N) is 1. The van der Waals surface area contributed by atoms with Crippen LogP contribution in [-0.2, 0) is 26.0 Å². The summed E-state index contributed by atoms with van der Waals surface area (Å²) in [6.07, 6.45) is -0.562. The maximum Gasteiger partial charge on any atom is 0.338 e. The van der Waals surface area contributed by atoms with E-state index in [4.69, 9.17) is 27.9 Å². The highest BCUT2D eigenvalue weighted by molar-refractivity contribution is 7.92. The number of para-hydroxylation sites is 1. The van der Waals surface area contributed by atoms with Gasteiger partial charge in [0.1, 0.15) is 0 Å². The number of carbonyl (C=O) groups is 2. The van der Waals surface area contributed by atoms with Crippen LogP contribution in [0.3, 0.4) is 0 Å². The Morgan fingerprint density at radius 2 is 1.71 bits per heavy atom. The minimum Gasteiger partial charge on any atom is -0.449 e. The van der Waals surface area contributed by atoms with Crippen LogP contribution in [0.5, 0.6) is 0 Å². The van der Waals surface area contributed by atoms with Gasteiger partial charge in [-0.1, -0.05) is 47.5 Å². The molecule has 35 heavy (non-hydrogen) atoms. The summed E-state index contributed by atoms with van der Waals surface area (Å²) in [5, 5.41) is 3.26. The number of nitrogens with zero attached hydrogens (tertiary/aromatic N) is 1. The molecule has 0 aliphatic carbocycles. The first-order valence-corrected chi connectivity index (χ1v) is 13.0. The van der Waals surface area contributed by atoms with E-state index in [-0.39, 0.29) is 16.5 Å². The molecule has 0 aromatic heterocycles. The van der Waals surface area contributed by atoms with Crippen molar-refractivity contribution in [3.8, 4) is 0 Å². The van der Waals surface area contributed by atoms with Crippen molar-refractivity contribution in [2.24, 2.45) is 0 Å². The van der Waals surface area contributed by atoms with Crippen LogP contribution in [0.2, 0.25) is 10.0 Å². The normalized spacial score (nSPS) is 15.9. The number of fused-ring (bicyclic) bond motifs is 1. The number of benzene rings is 3. The van der Waals surface area contributed by atoms with Crippen LogP contribution in [0.4, 0.5) is 11.4 Å². The molecule has 7 nitrogen and oxygen atoms in total. The minimum atomic E-state index is -3.93. The maximum absolute atomic E-state index is 13.5. The lowest BCUT2D eigenvalue weighted by Crippen LogP contribution is -2.35. The van der Waals surface area contributed by atoms with Crippen LogP contribution < -0.4 is 9.62 Å². The van der Waals surface area contributed by atoms with E-state index in [0.717, 1.165) is 5.56 Å². The predicted molar refractivity (Wildman–Crippen MR) is 136 cm³/mol. The number of ether oxygens (including phenoxy) is 1. The molecule has 2 atom stereocenters. The average molecular weight is 533 g/mol. The highest BCUT2D eigenvalue weighted by Gasteiger charge is 2.36. The summed E-state index contributed by atoms with van der Waals surface area (Å²) in [5.41, 5.74) is 1.93. The van der Waals surface area contributed by atoms with Gasteiger partial charge < -0.3 is 10.1 Å². The van der Waals surface area contributed by atoms with Crippen molar-refractivity contribution in [3.05, 3.63) is 87.9 Å². The Kier molecular flexibility index (Phi) is 7.07. The molecule has 0 fully saturated rings. The first-order valence-electron chi connectivity index (χ1n) is 10.8. The largest absolute Gasteiger partial charge is 0.449 e. The third-order valence-electron chi connectivity index (χ3n) is 5.55. The minimum absolute atomic E-state index is 0.0108. The lowest BCUT2D eigenvalue weighted by Gasteiger charge is -2.24. The Bertz CT molecular complexity index is 1390. The van der Waals surface area contributed by atoms with Gasteiger partial charge in [-0.3, -0.25) is 9.10 Å². The summed E-state index contributed by atoms with van der Waals surface area (Å²) in [7, 11) is -3.93. The molecule has 10 heteroatoms. The van der Waals surface area contributed by atoms with Crippen LogP contribution in [0.25, 0.3) is 0 Å². The van der Waals surface area contributed by atoms with Crippen LogP contribution in [0.1, 0.15) is 29.8 Å². The van der Waals surface area contributed by atoms with Crippen LogP contribution in [0, 0.1) is 0 Å². The molecule has 0 saturated carbocycles. The molecular formula is C25H22Cl2N2O5S. The molecule has 1 aliphatic heterocycles. The zero-order valence-electron chi connectivity index (χ0n) is 18.9. The number of anilines is 2. The number of amides is 1. The smallest absolute Gasteiger partial charge is 0.338 e. The molecule has 0 radical (unpaired) electrons. The van der Waals surface area contributed by atoms with E-state index in [9.17, 15) is 18.0 Å². The molecule has 1 aliphatic rings. The molecule has 1 N–H and O–H groups in total. The fourth-order valence-electron chi connectivity index (χ4n) is 3.95. The van der Waals surface area contributed by atoms with E-state index < -0.39 is 28.0 Å². The summed E-state index contributed by atoms with van der Waals surface area (Å²) in [6, 6.07) is 17.2. The highest BCUT2D eigenvalue weighted by Crippen LogP contribution is 2.36. The second-order valence-corrected chi connectivity index (χ2v) is 10.9. The van der Waals surface area contributed by atoms with Crippen molar-refractivity contribution in [2.75, 3.05) is 9.62 Å². The number of hydrogen-bond donors (Lipinski definition) is 1. The molecule has 1 heterocycles. The Morgan fingerprint density at radius 3 is 2.43 bits per heavy atom. The SMILES string of the molecule is CC(OC(=O)c1cccc(S(=O)(=O)N2c3ccccc3CC2C)c1)C(=O)Nc1cc(Cl)cc(Cl)c1. The van der Waals surface area contributed by atoms with Crippen LogP contribution in [0.15, 0.2) is 71.6 Å². The summed E-state index contributed by atoms with van der Waals surface area (Å²) in [5.74, 6) is -1.42. The van der Waals surface area contributed by atoms with Gasteiger partial charge in [0.15, 0.2) is 6.10 Å². The fraction of sp³-hybridized carbons (Fsp3) is 0.200. The van der Waals surface area contributed by atoms with Gasteiger partial charge in [0, 0.05) is 21.8 Å². The third-order valence-corrected chi connectivity index (χ3v) is 7.91. The summed E-state index contributed by atoms with van der Waals surface area (Å²) in [6.45, 7) is 3.24. The predicted octanol–water partition coefficient (Wildman–Crippen LogP) is 5.32. The van der Waals surface area contributed by atoms with Gasteiger partial charge >= 0.3 is 5.97 Å². The van der Waals surface area contributed by atoms with E-state index in [1.807, 2.05) is 19.1 Å². The zero-order chi connectivity index (χ0) is 25.3. The van der Waals surface area contributed by atoms with Gasteiger partial charge in [0.2, 0.25) is 0 Å². The van der Waals surface area contributed by atoms with Crippen LogP contribution >= 0.6 is 23.2 Å². The van der Waals surface area contributed by atoms with Gasteiger partial charge in [0.25, 0.3) is 15.9 Å². The maximum atomic E-state index is 13.5. The molecular weight excluding hydrogens is 511 g/mol. The highest BCUT2D eigenvalue weighted by atomic mass is 35.5. The Hall–Kier alpha value is -3.07. The molecule has 2 unspecified atom stereocenters. The number of sulfonamides is 1. The van der Waals surface area contributed by atoms with Gasteiger partial charge in [0.05, 0.1) is 16.1 Å². The molecule has 0 saturated heterocycles. The summed E-state index contributed by atoms with van der Waals surface area (Å²) < 4.78 is 33.6. The fourth-order valence-corrected chi connectivity index (χ4v) is 6.22. The number of halogens is 2. The Balaban J connectivity index is 1.50. The number of hydrogen-bond acceptors (Lipinski definition) is 5. The van der Waals surface area contributed by atoms with Crippen molar-refractivity contribution in [2.45, 2.75) is 37.3 Å². The zero-order valence-corrected chi connectivity index (χ0v) is 21.2. The third kappa shape index (κ3) is 5.29. The number of rotatable bonds is 6. The Labute approximate surface area is 213 Å². The summed E-state index contributed by atoms with van der Waals surface area (Å²) >= 11 is 11.9. The molecule has 0 bridgehead atoms. The monoisotopic (exact) mass is 532 g/mol. The van der Waals surface area contributed by atoms with E-state index in [1.54, 1.807) is 12.1 Å². The van der Waals surface area contributed by atoms with E-state index in [2.05, 4.69) is 5.32 Å². The topological polar surface area (TPSA) is 92.8 Å². The van der Waals surface area contributed by atoms with Crippen molar-refractivity contribution in [1.29, 1.82) is 0 Å². The molecule has 4 rings (SSSR count). The average Bonchev–Trinajstić information content (AvgIpc) is 3.14. The standard InChI is InChI=1S/C25H22Cl2N2O5S/c1-15-10-17-6-3-4-9-23(17)29(15)35(32,33)22-8-5-7-18(11-22)25(31)34-16(2)24(30)28-21-13-19(26)12-20(27)14-21/h3-9,11-16H,10H2,1-2H3,(H,28,30). The molecule has 3 aromatic rings. The lowest BCUT2D eigenvalue weighted by molar-refractivity contribution is -0.123. The molecule has 3 aromatic carbocycles. The second-order valence-electron chi connectivity index (χ2n) is 8.21.